The van der Waals surface area contributed by atoms with Gasteiger partial charge in [0.1, 0.15) is 5.75 Å². The first-order chi connectivity index (χ1) is 12.1. The molecular formula is C18H15ClN2O4. The number of hydrogen-bond donors (Lipinski definition) is 0. The van der Waals surface area contributed by atoms with Crippen LogP contribution >= 0.6 is 11.6 Å². The molecule has 0 saturated carbocycles. The lowest BCUT2D eigenvalue weighted by Crippen LogP contribution is -2.15. The topological polar surface area (TPSA) is 74.5 Å². The molecule has 0 amide bonds. The number of benzene rings is 2. The van der Waals surface area contributed by atoms with Crippen LogP contribution in [0, 0.1) is 6.92 Å². The Morgan fingerprint density at radius 3 is 2.80 bits per heavy atom. The zero-order chi connectivity index (χ0) is 17.6. The molecule has 0 aliphatic carbocycles. The predicted octanol–water partition coefficient (Wildman–Crippen LogP) is 3.82. The fourth-order valence-electron chi connectivity index (χ4n) is 2.06. The standard InChI is InChI=1S/C18H15ClN2O4/c1-12-7-8-14(19)15(9-12)23-11-17(22)24-10-16-20-18(21-25-16)13-5-3-2-4-6-13/h2-9H,10-11H2,1H3. The van der Waals surface area contributed by atoms with Gasteiger partial charge in [0.25, 0.3) is 5.89 Å². The predicted molar refractivity (Wildman–Crippen MR) is 91.2 cm³/mol. The molecule has 3 aromatic rings. The number of carbonyl (C=O) groups excluding carboxylic acids is 1. The Bertz CT molecular complexity index is 865. The Kier molecular flexibility index (Phi) is 5.30. The first-order valence-corrected chi connectivity index (χ1v) is 7.92. The molecule has 0 atom stereocenters. The maximum absolute atomic E-state index is 11.8. The van der Waals surface area contributed by atoms with Crippen molar-refractivity contribution in [3.8, 4) is 17.1 Å². The highest BCUT2D eigenvalue weighted by molar-refractivity contribution is 6.32. The fraction of sp³-hybridized carbons (Fsp3) is 0.167. The molecule has 1 heterocycles. The van der Waals surface area contributed by atoms with Gasteiger partial charge in [0.2, 0.25) is 5.82 Å². The quantitative estimate of drug-likeness (QED) is 0.623. The second-order valence-electron chi connectivity index (χ2n) is 5.26. The van der Waals surface area contributed by atoms with Gasteiger partial charge in [0.05, 0.1) is 5.02 Å². The summed E-state index contributed by atoms with van der Waals surface area (Å²) in [6.07, 6.45) is 0. The van der Waals surface area contributed by atoms with Crippen molar-refractivity contribution in [1.82, 2.24) is 10.1 Å². The largest absolute Gasteiger partial charge is 0.480 e. The van der Waals surface area contributed by atoms with Crippen molar-refractivity contribution in [2.24, 2.45) is 0 Å². The molecule has 0 aliphatic rings. The van der Waals surface area contributed by atoms with E-state index in [1.807, 2.05) is 43.3 Å². The van der Waals surface area contributed by atoms with Gasteiger partial charge in [-0.15, -0.1) is 0 Å². The number of esters is 1. The van der Waals surface area contributed by atoms with Crippen molar-refractivity contribution in [2.75, 3.05) is 6.61 Å². The number of nitrogens with zero attached hydrogens (tertiary/aromatic N) is 2. The second-order valence-corrected chi connectivity index (χ2v) is 5.67. The van der Waals surface area contributed by atoms with Gasteiger partial charge < -0.3 is 14.0 Å². The summed E-state index contributed by atoms with van der Waals surface area (Å²) in [6, 6.07) is 14.7. The normalized spacial score (nSPS) is 10.5. The minimum Gasteiger partial charge on any atom is -0.480 e. The average molecular weight is 359 g/mol. The molecule has 128 valence electrons. The molecule has 0 bridgehead atoms. The van der Waals surface area contributed by atoms with Crippen molar-refractivity contribution in [3.05, 3.63) is 65.0 Å². The average Bonchev–Trinajstić information content (AvgIpc) is 3.10. The molecule has 7 heteroatoms. The fourth-order valence-corrected chi connectivity index (χ4v) is 2.23. The van der Waals surface area contributed by atoms with Crippen LogP contribution in [0.5, 0.6) is 5.75 Å². The van der Waals surface area contributed by atoms with Gasteiger partial charge >= 0.3 is 5.97 Å². The summed E-state index contributed by atoms with van der Waals surface area (Å²) in [7, 11) is 0. The Labute approximate surface area is 149 Å². The van der Waals surface area contributed by atoms with Crippen molar-refractivity contribution in [2.45, 2.75) is 13.5 Å². The molecule has 0 N–H and O–H groups in total. The summed E-state index contributed by atoms with van der Waals surface area (Å²) in [4.78, 5) is 16.0. The van der Waals surface area contributed by atoms with Crippen molar-refractivity contribution in [3.63, 3.8) is 0 Å². The molecule has 3 rings (SSSR count). The zero-order valence-corrected chi connectivity index (χ0v) is 14.2. The molecule has 0 fully saturated rings. The number of halogens is 1. The van der Waals surface area contributed by atoms with E-state index in [0.717, 1.165) is 11.1 Å². The molecule has 25 heavy (non-hydrogen) atoms. The van der Waals surface area contributed by atoms with Gasteiger partial charge in [0.15, 0.2) is 13.2 Å². The third-order valence-corrected chi connectivity index (χ3v) is 3.60. The first-order valence-electron chi connectivity index (χ1n) is 7.54. The van der Waals surface area contributed by atoms with E-state index in [1.54, 1.807) is 12.1 Å². The molecule has 0 unspecified atom stereocenters. The summed E-state index contributed by atoms with van der Waals surface area (Å²) in [5, 5.41) is 4.29. The van der Waals surface area contributed by atoms with E-state index in [0.29, 0.717) is 16.6 Å². The number of rotatable bonds is 6. The van der Waals surface area contributed by atoms with E-state index in [1.165, 1.54) is 0 Å². The maximum Gasteiger partial charge on any atom is 0.344 e. The summed E-state index contributed by atoms with van der Waals surface area (Å²) in [6.45, 7) is 1.52. The summed E-state index contributed by atoms with van der Waals surface area (Å²) in [5.41, 5.74) is 1.80. The van der Waals surface area contributed by atoms with Crippen molar-refractivity contribution >= 4 is 17.6 Å². The molecule has 0 saturated heterocycles. The molecule has 0 aliphatic heterocycles. The van der Waals surface area contributed by atoms with Gasteiger partial charge in [-0.05, 0) is 24.6 Å². The van der Waals surface area contributed by atoms with Crippen LogP contribution in [0.4, 0.5) is 0 Å². The van der Waals surface area contributed by atoms with E-state index < -0.39 is 5.97 Å². The van der Waals surface area contributed by atoms with Crippen LogP contribution in [-0.2, 0) is 16.1 Å². The zero-order valence-electron chi connectivity index (χ0n) is 13.4. The molecule has 0 spiro atoms. The molecule has 2 aromatic carbocycles. The van der Waals surface area contributed by atoms with Crippen LogP contribution in [0.25, 0.3) is 11.4 Å². The summed E-state index contributed by atoms with van der Waals surface area (Å²) < 4.78 is 15.5. The number of carbonyl (C=O) groups is 1. The first kappa shape index (κ1) is 17.0. The smallest absolute Gasteiger partial charge is 0.344 e. The number of aromatic nitrogens is 2. The molecular weight excluding hydrogens is 344 g/mol. The van der Waals surface area contributed by atoms with Crippen LogP contribution in [0.2, 0.25) is 5.02 Å². The highest BCUT2D eigenvalue weighted by Crippen LogP contribution is 2.25. The highest BCUT2D eigenvalue weighted by atomic mass is 35.5. The van der Waals surface area contributed by atoms with E-state index in [9.17, 15) is 4.79 Å². The number of hydrogen-bond acceptors (Lipinski definition) is 6. The van der Waals surface area contributed by atoms with Gasteiger partial charge in [0, 0.05) is 5.56 Å². The monoisotopic (exact) mass is 358 g/mol. The third-order valence-electron chi connectivity index (χ3n) is 3.29. The second kappa shape index (κ2) is 7.81. The van der Waals surface area contributed by atoms with Crippen LogP contribution in [0.3, 0.4) is 0 Å². The number of ether oxygens (including phenoxy) is 2. The Morgan fingerprint density at radius 2 is 2.00 bits per heavy atom. The highest BCUT2D eigenvalue weighted by Gasteiger charge is 2.12. The minimum absolute atomic E-state index is 0.121. The van der Waals surface area contributed by atoms with E-state index in [2.05, 4.69) is 10.1 Å². The van der Waals surface area contributed by atoms with Gasteiger partial charge in [-0.3, -0.25) is 0 Å². The van der Waals surface area contributed by atoms with Gasteiger partial charge in [-0.2, -0.15) is 4.98 Å². The van der Waals surface area contributed by atoms with Crippen LogP contribution < -0.4 is 4.74 Å². The number of aryl methyl sites for hydroxylation is 1. The van der Waals surface area contributed by atoms with Gasteiger partial charge in [-0.25, -0.2) is 4.79 Å². The van der Waals surface area contributed by atoms with Crippen LogP contribution in [0.1, 0.15) is 11.5 Å². The SMILES string of the molecule is Cc1ccc(Cl)c(OCC(=O)OCc2nc(-c3ccccc3)no2)c1. The minimum atomic E-state index is -0.558. The Balaban J connectivity index is 1.51. The lowest BCUT2D eigenvalue weighted by molar-refractivity contribution is -0.148. The van der Waals surface area contributed by atoms with Crippen LogP contribution in [0.15, 0.2) is 53.1 Å². The summed E-state index contributed by atoms with van der Waals surface area (Å²) >= 11 is 6.00. The molecule has 0 radical (unpaired) electrons. The van der Waals surface area contributed by atoms with Crippen molar-refractivity contribution in [1.29, 1.82) is 0 Å². The van der Waals surface area contributed by atoms with Gasteiger partial charge in [-0.1, -0.05) is 53.2 Å². The Hall–Kier alpha value is -2.86. The molecule has 1 aromatic heterocycles. The maximum atomic E-state index is 11.8. The summed E-state index contributed by atoms with van der Waals surface area (Å²) in [5.74, 6) is 0.523. The van der Waals surface area contributed by atoms with E-state index >= 15 is 0 Å². The van der Waals surface area contributed by atoms with E-state index in [4.69, 9.17) is 25.6 Å². The lowest BCUT2D eigenvalue weighted by Gasteiger charge is -2.08. The van der Waals surface area contributed by atoms with Crippen molar-refractivity contribution < 1.29 is 18.8 Å². The third kappa shape index (κ3) is 4.58. The Morgan fingerprint density at radius 1 is 1.20 bits per heavy atom. The van der Waals surface area contributed by atoms with Crippen LogP contribution in [-0.4, -0.2) is 22.7 Å². The molecule has 6 nitrogen and oxygen atoms in total. The van der Waals surface area contributed by atoms with E-state index in [-0.39, 0.29) is 19.1 Å². The lowest BCUT2D eigenvalue weighted by atomic mass is 10.2.